The molecule has 1 aromatic carbocycles. The lowest BCUT2D eigenvalue weighted by molar-refractivity contribution is -0.145. The minimum Gasteiger partial charge on any atom is -0.456 e. The van der Waals surface area contributed by atoms with Crippen molar-refractivity contribution in [3.05, 3.63) is 53.1 Å². The molecule has 0 aliphatic heterocycles. The number of rotatable bonds is 7. The highest BCUT2D eigenvalue weighted by atomic mass is 79.9. The summed E-state index contributed by atoms with van der Waals surface area (Å²) in [5, 5.41) is 6.81. The maximum Gasteiger partial charge on any atom is 0.308 e. The first kappa shape index (κ1) is 17.0. The van der Waals surface area contributed by atoms with E-state index in [1.165, 1.54) is 0 Å². The van der Waals surface area contributed by atoms with Gasteiger partial charge in [-0.15, -0.1) is 0 Å². The van der Waals surface area contributed by atoms with E-state index in [1.54, 1.807) is 18.5 Å². The summed E-state index contributed by atoms with van der Waals surface area (Å²) in [4.78, 5) is 23.9. The summed E-state index contributed by atoms with van der Waals surface area (Å²) < 4.78 is 11.1. The van der Waals surface area contributed by atoms with E-state index in [0.29, 0.717) is 18.3 Å². The van der Waals surface area contributed by atoms with E-state index < -0.39 is 0 Å². The van der Waals surface area contributed by atoms with Gasteiger partial charge >= 0.3 is 5.97 Å². The smallest absolute Gasteiger partial charge is 0.308 e. The summed E-state index contributed by atoms with van der Waals surface area (Å²) in [7, 11) is 0. The Kier molecular flexibility index (Phi) is 5.68. The van der Waals surface area contributed by atoms with Crippen LogP contribution in [0.4, 0.5) is 5.95 Å². The molecule has 0 aliphatic rings. The van der Waals surface area contributed by atoms with Gasteiger partial charge in [-0.1, -0.05) is 33.2 Å². The predicted octanol–water partition coefficient (Wildman–Crippen LogP) is 2.83. The number of nitrogens with one attached hydrogen (secondary N) is 1. The summed E-state index contributed by atoms with van der Waals surface area (Å²) in [5.41, 5.74) is 0.808. The predicted molar refractivity (Wildman–Crippen MR) is 92.4 cm³/mol. The van der Waals surface area contributed by atoms with Crippen molar-refractivity contribution in [2.24, 2.45) is 0 Å². The molecule has 0 bridgehead atoms. The zero-order chi connectivity index (χ0) is 17.5. The molecule has 0 spiro atoms. The lowest BCUT2D eigenvalue weighted by Crippen LogP contribution is -2.12. The van der Waals surface area contributed by atoms with Crippen LogP contribution in [-0.4, -0.2) is 32.6 Å². The maximum absolute atomic E-state index is 11.7. The zero-order valence-corrected chi connectivity index (χ0v) is 14.6. The van der Waals surface area contributed by atoms with Crippen molar-refractivity contribution < 1.29 is 14.1 Å². The van der Waals surface area contributed by atoms with Crippen molar-refractivity contribution in [1.82, 2.24) is 20.1 Å². The number of carbonyl (C=O) groups is 1. The van der Waals surface area contributed by atoms with Gasteiger partial charge in [-0.2, -0.15) is 4.98 Å². The summed E-state index contributed by atoms with van der Waals surface area (Å²) in [6.45, 7) is 0.303. The molecule has 0 unspecified atom stereocenters. The number of nitrogens with zero attached hydrogens (tertiary/aromatic N) is 4. The Hall–Kier alpha value is -2.81. The van der Waals surface area contributed by atoms with Gasteiger partial charge < -0.3 is 14.6 Å². The second-order valence-corrected chi connectivity index (χ2v) is 5.85. The fraction of sp³-hybridized carbons (Fsp3) is 0.188. The molecule has 3 aromatic rings. The van der Waals surface area contributed by atoms with Crippen LogP contribution in [0.1, 0.15) is 12.3 Å². The fourth-order valence-electron chi connectivity index (χ4n) is 1.94. The molecule has 9 heteroatoms. The number of carbonyl (C=O) groups excluding carboxylic acids is 1. The Labute approximate surface area is 151 Å². The molecular formula is C16H14BrN5O3. The van der Waals surface area contributed by atoms with E-state index in [1.807, 2.05) is 24.3 Å². The van der Waals surface area contributed by atoms with Gasteiger partial charge in [0.15, 0.2) is 6.61 Å². The summed E-state index contributed by atoms with van der Waals surface area (Å²) in [6, 6.07) is 9.23. The van der Waals surface area contributed by atoms with Gasteiger partial charge in [0.05, 0.1) is 6.42 Å². The van der Waals surface area contributed by atoms with Crippen LogP contribution in [0.5, 0.6) is 0 Å². The van der Waals surface area contributed by atoms with Gasteiger partial charge in [0, 0.05) is 29.0 Å². The lowest BCUT2D eigenvalue weighted by Gasteiger charge is -2.03. The number of benzene rings is 1. The van der Waals surface area contributed by atoms with E-state index >= 15 is 0 Å². The topological polar surface area (TPSA) is 103 Å². The standard InChI is InChI=1S/C16H14BrN5O3/c17-12-4-1-3-11(9-12)15-21-13(25-22-15)10-24-14(23)5-8-20-16-18-6-2-7-19-16/h1-4,6-7,9H,5,8,10H2,(H,18,19,20). The number of hydrogen-bond donors (Lipinski definition) is 1. The third kappa shape index (κ3) is 5.08. The van der Waals surface area contributed by atoms with Gasteiger partial charge in [-0.3, -0.25) is 4.79 Å². The van der Waals surface area contributed by atoms with E-state index in [9.17, 15) is 4.79 Å². The molecule has 0 fully saturated rings. The van der Waals surface area contributed by atoms with E-state index in [0.717, 1.165) is 10.0 Å². The van der Waals surface area contributed by atoms with E-state index in [2.05, 4.69) is 41.4 Å². The van der Waals surface area contributed by atoms with Crippen molar-refractivity contribution in [2.75, 3.05) is 11.9 Å². The van der Waals surface area contributed by atoms with E-state index in [4.69, 9.17) is 9.26 Å². The Morgan fingerprint density at radius 2 is 2.08 bits per heavy atom. The normalized spacial score (nSPS) is 10.4. The molecule has 0 atom stereocenters. The number of aromatic nitrogens is 4. The van der Waals surface area contributed by atoms with Crippen molar-refractivity contribution >= 4 is 27.8 Å². The van der Waals surface area contributed by atoms with Crippen LogP contribution in [0.25, 0.3) is 11.4 Å². The minimum atomic E-state index is -0.384. The monoisotopic (exact) mass is 403 g/mol. The Morgan fingerprint density at radius 1 is 1.24 bits per heavy atom. The largest absolute Gasteiger partial charge is 0.456 e. The highest BCUT2D eigenvalue weighted by molar-refractivity contribution is 9.10. The van der Waals surface area contributed by atoms with Gasteiger partial charge in [-0.05, 0) is 18.2 Å². The average Bonchev–Trinajstić information content (AvgIpc) is 3.10. The molecule has 2 aromatic heterocycles. The number of esters is 1. The van der Waals surface area contributed by atoms with Crippen molar-refractivity contribution in [3.63, 3.8) is 0 Å². The van der Waals surface area contributed by atoms with Crippen LogP contribution in [0, 0.1) is 0 Å². The number of hydrogen-bond acceptors (Lipinski definition) is 8. The summed E-state index contributed by atoms with van der Waals surface area (Å²) in [6.07, 6.45) is 3.41. The molecule has 0 amide bonds. The van der Waals surface area contributed by atoms with Crippen LogP contribution in [0.2, 0.25) is 0 Å². The van der Waals surface area contributed by atoms with Crippen LogP contribution in [0.15, 0.2) is 51.7 Å². The molecule has 8 nitrogen and oxygen atoms in total. The van der Waals surface area contributed by atoms with Crippen LogP contribution in [0.3, 0.4) is 0 Å². The summed E-state index contributed by atoms with van der Waals surface area (Å²) in [5.74, 6) is 0.759. The highest BCUT2D eigenvalue weighted by Gasteiger charge is 2.11. The SMILES string of the molecule is O=C(CCNc1ncccn1)OCc1nc(-c2cccc(Br)c2)no1. The molecule has 128 valence electrons. The van der Waals surface area contributed by atoms with Crippen molar-refractivity contribution in [1.29, 1.82) is 0 Å². The molecule has 25 heavy (non-hydrogen) atoms. The lowest BCUT2D eigenvalue weighted by atomic mass is 10.2. The first-order valence-electron chi connectivity index (χ1n) is 7.46. The van der Waals surface area contributed by atoms with Crippen LogP contribution in [-0.2, 0) is 16.1 Å². The van der Waals surface area contributed by atoms with Gasteiger partial charge in [-0.25, -0.2) is 9.97 Å². The highest BCUT2D eigenvalue weighted by Crippen LogP contribution is 2.20. The second-order valence-electron chi connectivity index (χ2n) is 4.93. The van der Waals surface area contributed by atoms with Crippen LogP contribution >= 0.6 is 15.9 Å². The van der Waals surface area contributed by atoms with Crippen LogP contribution < -0.4 is 5.32 Å². The Balaban J connectivity index is 1.45. The molecule has 0 radical (unpaired) electrons. The van der Waals surface area contributed by atoms with Crippen molar-refractivity contribution in [2.45, 2.75) is 13.0 Å². The minimum absolute atomic E-state index is 0.0678. The quantitative estimate of drug-likeness (QED) is 0.600. The molecular weight excluding hydrogens is 390 g/mol. The van der Waals surface area contributed by atoms with Crippen molar-refractivity contribution in [3.8, 4) is 11.4 Å². The third-order valence-corrected chi connectivity index (χ3v) is 3.58. The Morgan fingerprint density at radius 3 is 2.88 bits per heavy atom. The molecule has 1 N–H and O–H groups in total. The number of ether oxygens (including phenoxy) is 1. The number of halogens is 1. The van der Waals surface area contributed by atoms with E-state index in [-0.39, 0.29) is 24.9 Å². The average molecular weight is 404 g/mol. The second kappa shape index (κ2) is 8.34. The van der Waals surface area contributed by atoms with Gasteiger partial charge in [0.25, 0.3) is 5.89 Å². The molecule has 0 saturated carbocycles. The zero-order valence-electron chi connectivity index (χ0n) is 13.1. The number of anilines is 1. The first-order chi connectivity index (χ1) is 12.2. The third-order valence-electron chi connectivity index (χ3n) is 3.09. The Bertz CT molecular complexity index is 841. The van der Waals surface area contributed by atoms with Gasteiger partial charge in [0.1, 0.15) is 0 Å². The molecule has 0 saturated heterocycles. The molecule has 3 rings (SSSR count). The fourth-order valence-corrected chi connectivity index (χ4v) is 2.34. The molecule has 2 heterocycles. The summed E-state index contributed by atoms with van der Waals surface area (Å²) >= 11 is 3.39. The maximum atomic E-state index is 11.7. The van der Waals surface area contributed by atoms with Gasteiger partial charge in [0.2, 0.25) is 11.8 Å². The molecule has 0 aliphatic carbocycles. The first-order valence-corrected chi connectivity index (χ1v) is 8.25.